The van der Waals surface area contributed by atoms with Crippen LogP contribution in [0.2, 0.25) is 5.02 Å². The molecule has 0 fully saturated rings. The second kappa shape index (κ2) is 6.89. The third-order valence-electron chi connectivity index (χ3n) is 2.56. The van der Waals surface area contributed by atoms with Crippen molar-refractivity contribution in [1.29, 1.82) is 0 Å². The summed E-state index contributed by atoms with van der Waals surface area (Å²) in [6, 6.07) is 4.15. The molecule has 0 aliphatic rings. The number of halogens is 2. The van der Waals surface area contributed by atoms with E-state index in [0.717, 1.165) is 0 Å². The highest BCUT2D eigenvalue weighted by molar-refractivity contribution is 6.31. The van der Waals surface area contributed by atoms with Gasteiger partial charge in [0.05, 0.1) is 6.42 Å². The molecule has 0 aliphatic carbocycles. The van der Waals surface area contributed by atoms with Gasteiger partial charge in [-0.25, -0.2) is 4.39 Å². The molecule has 0 saturated carbocycles. The van der Waals surface area contributed by atoms with Gasteiger partial charge in [0, 0.05) is 16.1 Å². The van der Waals surface area contributed by atoms with Gasteiger partial charge in [0.25, 0.3) is 5.91 Å². The number of hydrogen-bond acceptors (Lipinski definition) is 3. The lowest BCUT2D eigenvalue weighted by molar-refractivity contribution is -0.154. The first kappa shape index (κ1) is 17.4. The fourth-order valence-electron chi connectivity index (χ4n) is 1.61. The van der Waals surface area contributed by atoms with Crippen molar-refractivity contribution < 1.29 is 18.7 Å². The average Bonchev–Trinajstić information content (AvgIpc) is 2.31. The van der Waals surface area contributed by atoms with Crippen molar-refractivity contribution in [3.05, 3.63) is 34.6 Å². The molecule has 1 aromatic rings. The van der Waals surface area contributed by atoms with E-state index in [2.05, 4.69) is 5.32 Å². The number of nitrogens with one attached hydrogen (secondary N) is 1. The second-order valence-corrected chi connectivity index (χ2v) is 6.16. The van der Waals surface area contributed by atoms with Crippen molar-refractivity contribution in [3.63, 3.8) is 0 Å². The minimum absolute atomic E-state index is 0.0626. The minimum atomic E-state index is -0.956. The number of carbonyl (C=O) groups excluding carboxylic acids is 2. The molecule has 0 spiro atoms. The summed E-state index contributed by atoms with van der Waals surface area (Å²) in [7, 11) is 0. The van der Waals surface area contributed by atoms with E-state index in [4.69, 9.17) is 16.3 Å². The van der Waals surface area contributed by atoms with Crippen LogP contribution in [0, 0.1) is 5.82 Å². The molecule has 6 heteroatoms. The lowest BCUT2D eigenvalue weighted by atomic mass is 10.1. The molecule has 1 unspecified atom stereocenters. The summed E-state index contributed by atoms with van der Waals surface area (Å²) in [5, 5.41) is 2.85. The first-order chi connectivity index (χ1) is 9.60. The highest BCUT2D eigenvalue weighted by Gasteiger charge is 2.23. The molecule has 4 nitrogen and oxygen atoms in total. The largest absolute Gasteiger partial charge is 0.452 e. The zero-order valence-corrected chi connectivity index (χ0v) is 13.3. The van der Waals surface area contributed by atoms with E-state index in [0.29, 0.717) is 0 Å². The maximum Gasteiger partial charge on any atom is 0.311 e. The van der Waals surface area contributed by atoms with Gasteiger partial charge in [0.15, 0.2) is 6.10 Å². The van der Waals surface area contributed by atoms with E-state index in [1.165, 1.54) is 25.1 Å². The molecule has 0 heterocycles. The summed E-state index contributed by atoms with van der Waals surface area (Å²) < 4.78 is 18.6. The van der Waals surface area contributed by atoms with E-state index in [1.807, 2.05) is 20.8 Å². The summed E-state index contributed by atoms with van der Waals surface area (Å²) >= 11 is 5.83. The van der Waals surface area contributed by atoms with Gasteiger partial charge in [0.2, 0.25) is 0 Å². The Bertz CT molecular complexity index is 520. The van der Waals surface area contributed by atoms with Gasteiger partial charge in [0.1, 0.15) is 5.82 Å². The van der Waals surface area contributed by atoms with Crippen LogP contribution in [0.5, 0.6) is 0 Å². The smallest absolute Gasteiger partial charge is 0.311 e. The summed E-state index contributed by atoms with van der Waals surface area (Å²) in [5.74, 6) is -1.69. The molecule has 1 amide bonds. The van der Waals surface area contributed by atoms with Gasteiger partial charge >= 0.3 is 5.97 Å². The minimum Gasteiger partial charge on any atom is -0.452 e. The summed E-state index contributed by atoms with van der Waals surface area (Å²) in [6.07, 6.45) is -1.28. The molecular weight excluding hydrogens is 297 g/mol. The maximum absolute atomic E-state index is 13.6. The van der Waals surface area contributed by atoms with Crippen LogP contribution in [0.4, 0.5) is 4.39 Å². The third-order valence-corrected chi connectivity index (χ3v) is 2.91. The lowest BCUT2D eigenvalue weighted by Crippen LogP contribution is -2.46. The Labute approximate surface area is 128 Å². The van der Waals surface area contributed by atoms with Crippen molar-refractivity contribution in [2.75, 3.05) is 0 Å². The van der Waals surface area contributed by atoms with Gasteiger partial charge in [-0.3, -0.25) is 9.59 Å². The van der Waals surface area contributed by atoms with E-state index in [1.54, 1.807) is 0 Å². The molecule has 0 radical (unpaired) electrons. The van der Waals surface area contributed by atoms with Crippen molar-refractivity contribution >= 4 is 23.5 Å². The van der Waals surface area contributed by atoms with Crippen molar-refractivity contribution in [2.24, 2.45) is 0 Å². The quantitative estimate of drug-likeness (QED) is 0.869. The zero-order valence-electron chi connectivity index (χ0n) is 12.5. The lowest BCUT2D eigenvalue weighted by Gasteiger charge is -2.23. The van der Waals surface area contributed by atoms with Gasteiger partial charge in [-0.2, -0.15) is 0 Å². The summed E-state index contributed by atoms with van der Waals surface area (Å²) in [5.41, 5.74) is -0.361. The third kappa shape index (κ3) is 5.71. The number of amides is 1. The Morgan fingerprint density at radius 3 is 2.52 bits per heavy atom. The summed E-state index contributed by atoms with van der Waals surface area (Å²) in [6.45, 7) is 6.91. The molecule has 116 valence electrons. The van der Waals surface area contributed by atoms with E-state index >= 15 is 0 Å². The summed E-state index contributed by atoms with van der Waals surface area (Å²) in [4.78, 5) is 23.6. The monoisotopic (exact) mass is 315 g/mol. The topological polar surface area (TPSA) is 55.4 Å². The van der Waals surface area contributed by atoms with Crippen molar-refractivity contribution in [1.82, 2.24) is 5.32 Å². The number of esters is 1. The fraction of sp³-hybridized carbons (Fsp3) is 0.467. The highest BCUT2D eigenvalue weighted by Crippen LogP contribution is 2.20. The fourth-order valence-corrected chi connectivity index (χ4v) is 1.84. The first-order valence-corrected chi connectivity index (χ1v) is 6.92. The standard InChI is InChI=1S/C15H19ClFNO3/c1-9(14(20)18-15(2,3)4)21-13(19)8-10-11(16)6-5-7-12(10)17/h5-7,9H,8H2,1-4H3,(H,18,20). The Hall–Kier alpha value is -1.62. The van der Waals surface area contributed by atoms with Crippen LogP contribution in [0.15, 0.2) is 18.2 Å². The molecule has 0 aromatic heterocycles. The normalized spacial score (nSPS) is 12.7. The Morgan fingerprint density at radius 2 is 2.00 bits per heavy atom. The van der Waals surface area contributed by atoms with E-state index in [-0.39, 0.29) is 17.0 Å². The van der Waals surface area contributed by atoms with Crippen LogP contribution >= 0.6 is 11.6 Å². The van der Waals surface area contributed by atoms with Crippen molar-refractivity contribution in [2.45, 2.75) is 45.8 Å². The van der Waals surface area contributed by atoms with E-state index < -0.39 is 29.3 Å². The molecule has 0 bridgehead atoms. The average molecular weight is 316 g/mol. The van der Waals surface area contributed by atoms with Crippen LogP contribution < -0.4 is 5.32 Å². The number of ether oxygens (including phenoxy) is 1. The maximum atomic E-state index is 13.6. The molecule has 1 aromatic carbocycles. The number of carbonyl (C=O) groups is 2. The highest BCUT2D eigenvalue weighted by atomic mass is 35.5. The molecule has 1 atom stereocenters. The Morgan fingerprint density at radius 1 is 1.38 bits per heavy atom. The van der Waals surface area contributed by atoms with Gasteiger partial charge in [-0.15, -0.1) is 0 Å². The van der Waals surface area contributed by atoms with Crippen LogP contribution in [0.3, 0.4) is 0 Å². The van der Waals surface area contributed by atoms with Gasteiger partial charge < -0.3 is 10.1 Å². The van der Waals surface area contributed by atoms with Crippen LogP contribution in [-0.2, 0) is 20.7 Å². The predicted octanol–water partition coefficient (Wildman–Crippen LogP) is 2.87. The molecule has 0 aliphatic heterocycles. The van der Waals surface area contributed by atoms with Crippen LogP contribution in [-0.4, -0.2) is 23.5 Å². The molecular formula is C15H19ClFNO3. The number of benzene rings is 1. The molecule has 1 N–H and O–H groups in total. The molecule has 1 rings (SSSR count). The van der Waals surface area contributed by atoms with E-state index in [9.17, 15) is 14.0 Å². The number of hydrogen-bond donors (Lipinski definition) is 1. The Kier molecular flexibility index (Phi) is 5.72. The Balaban J connectivity index is 2.64. The van der Waals surface area contributed by atoms with Gasteiger partial charge in [-0.05, 0) is 39.8 Å². The SMILES string of the molecule is CC(OC(=O)Cc1c(F)cccc1Cl)C(=O)NC(C)(C)C. The molecule has 21 heavy (non-hydrogen) atoms. The predicted molar refractivity (Wildman–Crippen MR) is 78.6 cm³/mol. The molecule has 0 saturated heterocycles. The second-order valence-electron chi connectivity index (χ2n) is 5.75. The van der Waals surface area contributed by atoms with Crippen LogP contribution in [0.1, 0.15) is 33.3 Å². The zero-order chi connectivity index (χ0) is 16.2. The first-order valence-electron chi connectivity index (χ1n) is 6.54. The van der Waals surface area contributed by atoms with Gasteiger partial charge in [-0.1, -0.05) is 17.7 Å². The van der Waals surface area contributed by atoms with Crippen molar-refractivity contribution in [3.8, 4) is 0 Å². The van der Waals surface area contributed by atoms with Crippen LogP contribution in [0.25, 0.3) is 0 Å². The number of rotatable bonds is 4.